The lowest BCUT2D eigenvalue weighted by Gasteiger charge is -2.41. The molecule has 1 fully saturated rings. The van der Waals surface area contributed by atoms with Crippen LogP contribution in [0.3, 0.4) is 0 Å². The van der Waals surface area contributed by atoms with Gasteiger partial charge in [-0.15, -0.1) is 0 Å². The van der Waals surface area contributed by atoms with E-state index in [-0.39, 0.29) is 12.2 Å². The first kappa shape index (κ1) is 15.1. The summed E-state index contributed by atoms with van der Waals surface area (Å²) in [5, 5.41) is 2.83. The fraction of sp³-hybridized carbons (Fsp3) is 0.412. The summed E-state index contributed by atoms with van der Waals surface area (Å²) in [6.07, 6.45) is 2.21. The molecule has 0 radical (unpaired) electrons. The second-order valence-corrected chi connectivity index (χ2v) is 6.92. The Kier molecular flexibility index (Phi) is 4.72. The van der Waals surface area contributed by atoms with Gasteiger partial charge in [-0.3, -0.25) is 0 Å². The van der Waals surface area contributed by atoms with Gasteiger partial charge in [0.25, 0.3) is 0 Å². The smallest absolute Gasteiger partial charge is 0.127 e. The van der Waals surface area contributed by atoms with Crippen LogP contribution in [0.5, 0.6) is 5.75 Å². The fourth-order valence-corrected chi connectivity index (χ4v) is 3.70. The highest BCUT2D eigenvalue weighted by Crippen LogP contribution is 2.37. The third-order valence-electron chi connectivity index (χ3n) is 3.80. The summed E-state index contributed by atoms with van der Waals surface area (Å²) in [4.78, 5) is 0.382. The normalized spacial score (nSPS) is 24.8. The molecule has 21 heavy (non-hydrogen) atoms. The van der Waals surface area contributed by atoms with Gasteiger partial charge < -0.3 is 9.47 Å². The second kappa shape index (κ2) is 6.55. The van der Waals surface area contributed by atoms with Crippen molar-refractivity contribution in [3.8, 4) is 5.75 Å². The number of alkyl halides is 1. The summed E-state index contributed by atoms with van der Waals surface area (Å²) < 4.78 is 12.0. The molecule has 2 aromatic rings. The standard InChI is InChI=1S/C17H18BrClO2/c1-2-9-20-17-13(18)10-16(17)21-15-8-7-14(19)11-5-3-4-6-12(11)15/h3-8,13,16-17H,2,9-10H2,1H3. The number of hydrogen-bond acceptors (Lipinski definition) is 2. The summed E-state index contributed by atoms with van der Waals surface area (Å²) in [6.45, 7) is 2.89. The highest BCUT2D eigenvalue weighted by molar-refractivity contribution is 9.09. The van der Waals surface area contributed by atoms with Gasteiger partial charge in [0.1, 0.15) is 18.0 Å². The maximum absolute atomic E-state index is 6.25. The Labute approximate surface area is 138 Å². The maximum Gasteiger partial charge on any atom is 0.127 e. The molecule has 0 aromatic heterocycles. The maximum atomic E-state index is 6.25. The van der Waals surface area contributed by atoms with Crippen molar-refractivity contribution >= 4 is 38.3 Å². The first-order valence-electron chi connectivity index (χ1n) is 7.30. The minimum atomic E-state index is 0.102. The molecule has 0 heterocycles. The van der Waals surface area contributed by atoms with Crippen LogP contribution in [-0.4, -0.2) is 23.6 Å². The van der Waals surface area contributed by atoms with Gasteiger partial charge in [-0.25, -0.2) is 0 Å². The largest absolute Gasteiger partial charge is 0.487 e. The molecule has 112 valence electrons. The van der Waals surface area contributed by atoms with Crippen LogP contribution in [0.15, 0.2) is 36.4 Å². The van der Waals surface area contributed by atoms with Gasteiger partial charge in [-0.05, 0) is 18.6 Å². The summed E-state index contributed by atoms with van der Waals surface area (Å²) in [6, 6.07) is 11.9. The molecule has 3 atom stereocenters. The van der Waals surface area contributed by atoms with Crippen LogP contribution in [0.25, 0.3) is 10.8 Å². The van der Waals surface area contributed by atoms with Gasteiger partial charge in [-0.2, -0.15) is 0 Å². The lowest BCUT2D eigenvalue weighted by Crippen LogP contribution is -2.52. The SMILES string of the molecule is CCCOC1C(Br)CC1Oc1ccc(Cl)c2ccccc12. The van der Waals surface area contributed by atoms with Crippen molar-refractivity contribution < 1.29 is 9.47 Å². The second-order valence-electron chi connectivity index (χ2n) is 5.33. The number of hydrogen-bond donors (Lipinski definition) is 0. The zero-order valence-electron chi connectivity index (χ0n) is 11.9. The van der Waals surface area contributed by atoms with E-state index in [1.54, 1.807) is 0 Å². The zero-order valence-corrected chi connectivity index (χ0v) is 14.2. The highest BCUT2D eigenvalue weighted by Gasteiger charge is 2.42. The van der Waals surface area contributed by atoms with Crippen LogP contribution < -0.4 is 4.74 Å². The molecule has 1 saturated carbocycles. The first-order chi connectivity index (χ1) is 10.2. The minimum absolute atomic E-state index is 0.102. The molecule has 2 aromatic carbocycles. The Hall–Kier alpha value is -0.770. The topological polar surface area (TPSA) is 18.5 Å². The molecule has 3 rings (SSSR count). The first-order valence-corrected chi connectivity index (χ1v) is 8.59. The Bertz CT molecular complexity index is 631. The number of ether oxygens (including phenoxy) is 2. The van der Waals surface area contributed by atoms with E-state index < -0.39 is 0 Å². The van der Waals surface area contributed by atoms with Gasteiger partial charge in [0.05, 0.1) is 0 Å². The molecule has 3 unspecified atom stereocenters. The number of rotatable bonds is 5. The van der Waals surface area contributed by atoms with E-state index in [4.69, 9.17) is 21.1 Å². The Morgan fingerprint density at radius 2 is 1.95 bits per heavy atom. The molecule has 4 heteroatoms. The molecule has 0 aliphatic heterocycles. The van der Waals surface area contributed by atoms with Gasteiger partial charge >= 0.3 is 0 Å². The molecule has 0 bridgehead atoms. The molecule has 0 saturated heterocycles. The number of halogens is 2. The van der Waals surface area contributed by atoms with Crippen molar-refractivity contribution in [1.29, 1.82) is 0 Å². The van der Waals surface area contributed by atoms with E-state index >= 15 is 0 Å². The third-order valence-corrected chi connectivity index (χ3v) is 5.03. The van der Waals surface area contributed by atoms with Crippen molar-refractivity contribution in [3.63, 3.8) is 0 Å². The quantitative estimate of drug-likeness (QED) is 0.674. The lowest BCUT2D eigenvalue weighted by atomic mass is 9.91. The van der Waals surface area contributed by atoms with Crippen LogP contribution in [0, 0.1) is 0 Å². The molecule has 0 spiro atoms. The Morgan fingerprint density at radius 1 is 1.19 bits per heavy atom. The van der Waals surface area contributed by atoms with Crippen LogP contribution in [0.2, 0.25) is 5.02 Å². The number of fused-ring (bicyclic) bond motifs is 1. The molecule has 2 nitrogen and oxygen atoms in total. The minimum Gasteiger partial charge on any atom is -0.487 e. The molecule has 1 aliphatic rings. The van der Waals surface area contributed by atoms with Crippen molar-refractivity contribution in [1.82, 2.24) is 0 Å². The van der Waals surface area contributed by atoms with Gasteiger partial charge in [0, 0.05) is 33.6 Å². The Morgan fingerprint density at radius 3 is 2.67 bits per heavy atom. The van der Waals surface area contributed by atoms with Crippen LogP contribution in [0.1, 0.15) is 19.8 Å². The van der Waals surface area contributed by atoms with Gasteiger partial charge in [0.2, 0.25) is 0 Å². The van der Waals surface area contributed by atoms with E-state index in [1.807, 2.05) is 36.4 Å². The van der Waals surface area contributed by atoms with E-state index in [9.17, 15) is 0 Å². The molecule has 0 N–H and O–H groups in total. The average Bonchev–Trinajstić information content (AvgIpc) is 2.50. The van der Waals surface area contributed by atoms with Crippen LogP contribution in [0.4, 0.5) is 0 Å². The van der Waals surface area contributed by atoms with E-state index in [0.717, 1.165) is 41.0 Å². The predicted molar refractivity (Wildman–Crippen MR) is 90.7 cm³/mol. The van der Waals surface area contributed by atoms with E-state index in [2.05, 4.69) is 22.9 Å². The molecule has 0 amide bonds. The van der Waals surface area contributed by atoms with Gasteiger partial charge in [-0.1, -0.05) is 58.7 Å². The average molecular weight is 370 g/mol. The van der Waals surface area contributed by atoms with Crippen molar-refractivity contribution in [2.75, 3.05) is 6.61 Å². The molecular weight excluding hydrogens is 352 g/mol. The predicted octanol–water partition coefficient (Wildman–Crippen LogP) is 5.20. The third kappa shape index (κ3) is 3.05. The monoisotopic (exact) mass is 368 g/mol. The molecular formula is C17H18BrClO2. The summed E-state index contributed by atoms with van der Waals surface area (Å²) in [5.41, 5.74) is 0. The number of benzene rings is 2. The summed E-state index contributed by atoms with van der Waals surface area (Å²) in [5.74, 6) is 0.879. The summed E-state index contributed by atoms with van der Waals surface area (Å²) in [7, 11) is 0. The lowest BCUT2D eigenvalue weighted by molar-refractivity contribution is -0.0757. The van der Waals surface area contributed by atoms with Crippen molar-refractivity contribution in [3.05, 3.63) is 41.4 Å². The zero-order chi connectivity index (χ0) is 14.8. The fourth-order valence-electron chi connectivity index (χ4n) is 2.61. The van der Waals surface area contributed by atoms with Gasteiger partial charge in [0.15, 0.2) is 0 Å². The van der Waals surface area contributed by atoms with E-state index in [1.165, 1.54) is 0 Å². The van der Waals surface area contributed by atoms with Crippen LogP contribution >= 0.6 is 27.5 Å². The summed E-state index contributed by atoms with van der Waals surface area (Å²) >= 11 is 9.89. The molecule has 1 aliphatic carbocycles. The van der Waals surface area contributed by atoms with Crippen molar-refractivity contribution in [2.45, 2.75) is 36.8 Å². The van der Waals surface area contributed by atoms with Crippen LogP contribution in [-0.2, 0) is 4.74 Å². The highest BCUT2D eigenvalue weighted by atomic mass is 79.9. The van der Waals surface area contributed by atoms with Crippen molar-refractivity contribution in [2.24, 2.45) is 0 Å². The van der Waals surface area contributed by atoms with E-state index in [0.29, 0.717) is 4.83 Å². The Balaban J connectivity index is 1.81.